The number of pyridine rings is 1. The SMILES string of the molecule is CCc1c(CN)ccc(C(=O)Nc2ccc(F)cc2C(=O)Nc2ccc(Cl)cn2)c1OC1CCC(=O)CC1.Cl.Cl. The minimum atomic E-state index is -0.661. The van der Waals surface area contributed by atoms with Crippen LogP contribution in [0.2, 0.25) is 5.02 Å². The molecule has 1 heterocycles. The maximum Gasteiger partial charge on any atom is 0.259 e. The third-order valence-electron chi connectivity index (χ3n) is 6.39. The summed E-state index contributed by atoms with van der Waals surface area (Å²) in [6.45, 7) is 2.21. The molecule has 1 fully saturated rings. The summed E-state index contributed by atoms with van der Waals surface area (Å²) in [4.78, 5) is 42.2. The lowest BCUT2D eigenvalue weighted by Gasteiger charge is -2.26. The summed E-state index contributed by atoms with van der Waals surface area (Å²) < 4.78 is 20.4. The van der Waals surface area contributed by atoms with Gasteiger partial charge in [-0.3, -0.25) is 14.4 Å². The van der Waals surface area contributed by atoms with Crippen molar-refractivity contribution in [2.45, 2.75) is 51.7 Å². The maximum absolute atomic E-state index is 14.1. The molecular formula is C28H30Cl3FN4O4. The fraction of sp³-hybridized carbons (Fsp3) is 0.286. The Bertz CT molecular complexity index is 1360. The highest BCUT2D eigenvalue weighted by Gasteiger charge is 2.26. The van der Waals surface area contributed by atoms with Crippen LogP contribution in [0.15, 0.2) is 48.7 Å². The van der Waals surface area contributed by atoms with Gasteiger partial charge in [0.1, 0.15) is 23.2 Å². The highest BCUT2D eigenvalue weighted by atomic mass is 35.5. The number of rotatable bonds is 8. The molecule has 0 saturated heterocycles. The van der Waals surface area contributed by atoms with Crippen LogP contribution >= 0.6 is 36.4 Å². The first kappa shape index (κ1) is 33.0. The number of carbonyl (C=O) groups is 3. The molecule has 1 aromatic heterocycles. The minimum Gasteiger partial charge on any atom is -0.489 e. The predicted octanol–water partition coefficient (Wildman–Crippen LogP) is 6.13. The molecule has 8 nitrogen and oxygen atoms in total. The number of hydrogen-bond donors (Lipinski definition) is 3. The highest BCUT2D eigenvalue weighted by molar-refractivity contribution is 6.30. The quantitative estimate of drug-likeness (QED) is 0.281. The number of nitrogens with one attached hydrogen (secondary N) is 2. The number of Topliss-reactive ketones (excluding diaryl/α,β-unsaturated/α-hetero) is 1. The molecule has 3 aromatic rings. The molecule has 40 heavy (non-hydrogen) atoms. The molecule has 0 aliphatic heterocycles. The van der Waals surface area contributed by atoms with E-state index < -0.39 is 17.6 Å². The first-order valence-corrected chi connectivity index (χ1v) is 12.7. The van der Waals surface area contributed by atoms with Gasteiger partial charge in [-0.2, -0.15) is 0 Å². The molecule has 0 atom stereocenters. The van der Waals surface area contributed by atoms with E-state index in [0.717, 1.165) is 23.3 Å². The Morgan fingerprint density at radius 1 is 1.05 bits per heavy atom. The number of benzene rings is 2. The molecule has 1 aliphatic rings. The van der Waals surface area contributed by atoms with E-state index >= 15 is 0 Å². The van der Waals surface area contributed by atoms with Crippen molar-refractivity contribution in [3.8, 4) is 5.75 Å². The first-order chi connectivity index (χ1) is 18.3. The van der Waals surface area contributed by atoms with E-state index in [2.05, 4.69) is 15.6 Å². The summed E-state index contributed by atoms with van der Waals surface area (Å²) in [5, 5.41) is 5.70. The Morgan fingerprint density at radius 2 is 1.75 bits per heavy atom. The molecule has 2 aromatic carbocycles. The summed E-state index contributed by atoms with van der Waals surface area (Å²) in [6, 6.07) is 9.96. The Morgan fingerprint density at radius 3 is 2.38 bits per heavy atom. The Kier molecular flexibility index (Phi) is 12.3. The molecule has 0 radical (unpaired) electrons. The monoisotopic (exact) mass is 610 g/mol. The lowest BCUT2D eigenvalue weighted by molar-refractivity contribution is -0.121. The van der Waals surface area contributed by atoms with Crippen molar-refractivity contribution in [1.82, 2.24) is 4.98 Å². The van der Waals surface area contributed by atoms with Crippen LogP contribution < -0.4 is 21.1 Å². The number of carbonyl (C=O) groups excluding carboxylic acids is 3. The third kappa shape index (κ3) is 7.91. The van der Waals surface area contributed by atoms with Crippen LogP contribution in [0.25, 0.3) is 0 Å². The molecule has 0 bridgehead atoms. The van der Waals surface area contributed by atoms with Crippen LogP contribution in [-0.4, -0.2) is 28.7 Å². The van der Waals surface area contributed by atoms with E-state index in [1.165, 1.54) is 18.3 Å². The van der Waals surface area contributed by atoms with Crippen molar-refractivity contribution in [1.29, 1.82) is 0 Å². The van der Waals surface area contributed by atoms with Gasteiger partial charge >= 0.3 is 0 Å². The van der Waals surface area contributed by atoms with E-state index in [9.17, 15) is 18.8 Å². The predicted molar refractivity (Wildman–Crippen MR) is 158 cm³/mol. The highest BCUT2D eigenvalue weighted by Crippen LogP contribution is 2.33. The summed E-state index contributed by atoms with van der Waals surface area (Å²) in [5.41, 5.74) is 7.88. The number of aromatic nitrogens is 1. The molecule has 1 aliphatic carbocycles. The largest absolute Gasteiger partial charge is 0.489 e. The molecule has 1 saturated carbocycles. The number of amides is 2. The van der Waals surface area contributed by atoms with Crippen molar-refractivity contribution in [3.05, 3.63) is 81.8 Å². The zero-order valence-corrected chi connectivity index (χ0v) is 24.1. The van der Waals surface area contributed by atoms with Gasteiger partial charge in [0, 0.05) is 25.6 Å². The van der Waals surface area contributed by atoms with Gasteiger partial charge in [0.15, 0.2) is 0 Å². The topological polar surface area (TPSA) is 123 Å². The molecule has 2 amide bonds. The maximum atomic E-state index is 14.1. The van der Waals surface area contributed by atoms with Gasteiger partial charge < -0.3 is 21.1 Å². The molecule has 0 spiro atoms. The zero-order valence-electron chi connectivity index (χ0n) is 21.7. The lowest BCUT2D eigenvalue weighted by atomic mass is 9.95. The Balaban J connectivity index is 0.00000280. The molecule has 12 heteroatoms. The van der Waals surface area contributed by atoms with Crippen LogP contribution in [0.1, 0.15) is 64.4 Å². The number of nitrogens with zero attached hydrogens (tertiary/aromatic N) is 1. The normalized spacial score (nSPS) is 13.1. The number of nitrogens with two attached hydrogens (primary N) is 1. The second-order valence-corrected chi connectivity index (χ2v) is 9.39. The van der Waals surface area contributed by atoms with E-state index in [-0.39, 0.29) is 65.9 Å². The summed E-state index contributed by atoms with van der Waals surface area (Å²) in [6.07, 6.45) is 3.73. The standard InChI is InChI=1S/C28H28ClFN4O4.2ClH/c1-2-21-16(14-31)3-10-22(26(21)38-20-8-6-19(35)7-9-20)27(36)33-24-11-5-18(30)13-23(24)28(37)34-25-12-4-17(29)15-32-25;;/h3-5,10-13,15,20H,2,6-9,14,31H2,1H3,(H,33,36)(H,32,34,37);2*1H. The van der Waals surface area contributed by atoms with Crippen LogP contribution in [0.3, 0.4) is 0 Å². The second-order valence-electron chi connectivity index (χ2n) is 8.95. The van der Waals surface area contributed by atoms with Gasteiger partial charge in [-0.15, -0.1) is 24.8 Å². The third-order valence-corrected chi connectivity index (χ3v) is 6.62. The second kappa shape index (κ2) is 14.9. The molecule has 4 N–H and O–H groups in total. The average molecular weight is 612 g/mol. The van der Waals surface area contributed by atoms with Crippen molar-refractivity contribution in [2.75, 3.05) is 10.6 Å². The number of halogens is 4. The van der Waals surface area contributed by atoms with Gasteiger partial charge in [-0.1, -0.05) is 24.6 Å². The van der Waals surface area contributed by atoms with E-state index in [0.29, 0.717) is 42.9 Å². The van der Waals surface area contributed by atoms with Crippen LogP contribution in [0.4, 0.5) is 15.9 Å². The van der Waals surface area contributed by atoms with Gasteiger partial charge in [0.2, 0.25) is 0 Å². The van der Waals surface area contributed by atoms with Gasteiger partial charge in [-0.05, 0) is 66.8 Å². The average Bonchev–Trinajstić information content (AvgIpc) is 2.91. The van der Waals surface area contributed by atoms with Crippen LogP contribution in [0, 0.1) is 5.82 Å². The van der Waals surface area contributed by atoms with Crippen molar-refractivity contribution < 1.29 is 23.5 Å². The number of ether oxygens (including phenoxy) is 1. The molecule has 4 rings (SSSR count). The van der Waals surface area contributed by atoms with Crippen LogP contribution in [0.5, 0.6) is 5.75 Å². The Hall–Kier alpha value is -3.24. The Labute approximate surface area is 249 Å². The first-order valence-electron chi connectivity index (χ1n) is 12.4. The fourth-order valence-corrected chi connectivity index (χ4v) is 4.51. The summed E-state index contributed by atoms with van der Waals surface area (Å²) in [7, 11) is 0. The molecule has 214 valence electrons. The van der Waals surface area contributed by atoms with Crippen molar-refractivity contribution >= 4 is 65.5 Å². The van der Waals surface area contributed by atoms with Gasteiger partial charge in [-0.25, -0.2) is 9.37 Å². The van der Waals surface area contributed by atoms with Gasteiger partial charge in [0.25, 0.3) is 11.8 Å². The number of ketones is 1. The lowest BCUT2D eigenvalue weighted by Crippen LogP contribution is -2.26. The minimum absolute atomic E-state index is 0. The summed E-state index contributed by atoms with van der Waals surface area (Å²) in [5.74, 6) is -1.02. The zero-order chi connectivity index (χ0) is 27.2. The summed E-state index contributed by atoms with van der Waals surface area (Å²) >= 11 is 5.84. The number of anilines is 2. The van der Waals surface area contributed by atoms with Crippen LogP contribution in [-0.2, 0) is 17.8 Å². The molecular weight excluding hydrogens is 582 g/mol. The van der Waals surface area contributed by atoms with E-state index in [1.807, 2.05) is 6.92 Å². The van der Waals surface area contributed by atoms with E-state index in [4.69, 9.17) is 22.1 Å². The fourth-order valence-electron chi connectivity index (χ4n) is 4.40. The molecule has 0 unspecified atom stereocenters. The number of hydrogen-bond acceptors (Lipinski definition) is 6. The van der Waals surface area contributed by atoms with Crippen molar-refractivity contribution in [3.63, 3.8) is 0 Å². The van der Waals surface area contributed by atoms with Gasteiger partial charge in [0.05, 0.1) is 27.9 Å². The van der Waals surface area contributed by atoms with E-state index in [1.54, 1.807) is 18.2 Å². The smallest absolute Gasteiger partial charge is 0.259 e. The van der Waals surface area contributed by atoms with Crippen molar-refractivity contribution in [2.24, 2.45) is 5.73 Å².